The molecular formula is C14H20N4S. The smallest absolute Gasteiger partial charge is 0.185 e. The topological polar surface area (TPSA) is 41.0 Å². The largest absolute Gasteiger partial charge is 0.351 e. The Morgan fingerprint density at radius 2 is 2.26 bits per heavy atom. The minimum Gasteiger partial charge on any atom is -0.351 e. The van der Waals surface area contributed by atoms with Crippen molar-refractivity contribution in [3.05, 3.63) is 41.2 Å². The van der Waals surface area contributed by atoms with E-state index in [0.717, 1.165) is 29.5 Å². The van der Waals surface area contributed by atoms with Crippen LogP contribution in [0.2, 0.25) is 0 Å². The zero-order chi connectivity index (χ0) is 13.7. The maximum Gasteiger partial charge on any atom is 0.185 e. The minimum absolute atomic E-state index is 0.300. The van der Waals surface area contributed by atoms with Crippen LogP contribution >= 0.6 is 11.3 Å². The summed E-state index contributed by atoms with van der Waals surface area (Å²) in [6.45, 7) is 3.05. The van der Waals surface area contributed by atoms with Crippen LogP contribution in [0.25, 0.3) is 0 Å². The van der Waals surface area contributed by atoms with Crippen LogP contribution in [-0.4, -0.2) is 30.6 Å². The van der Waals surface area contributed by atoms with Gasteiger partial charge < -0.3 is 10.2 Å². The Bertz CT molecular complexity index is 497. The molecule has 0 fully saturated rings. The van der Waals surface area contributed by atoms with Gasteiger partial charge in [-0.15, -0.1) is 11.3 Å². The van der Waals surface area contributed by atoms with Gasteiger partial charge in [0.2, 0.25) is 0 Å². The van der Waals surface area contributed by atoms with Gasteiger partial charge in [-0.25, -0.2) is 4.98 Å². The number of thiazole rings is 1. The van der Waals surface area contributed by atoms with Crippen molar-refractivity contribution in [2.75, 3.05) is 25.5 Å². The second kappa shape index (κ2) is 6.63. The molecule has 2 aromatic rings. The highest BCUT2D eigenvalue weighted by Crippen LogP contribution is 2.23. The molecule has 4 nitrogen and oxygen atoms in total. The molecule has 0 aliphatic rings. The fourth-order valence-corrected chi connectivity index (χ4v) is 2.63. The first-order chi connectivity index (χ1) is 9.20. The molecule has 0 amide bonds. The molecule has 2 rings (SSSR count). The predicted molar refractivity (Wildman–Crippen MR) is 80.8 cm³/mol. The predicted octanol–water partition coefficient (Wildman–Crippen LogP) is 2.50. The van der Waals surface area contributed by atoms with Gasteiger partial charge in [-0.05, 0) is 26.1 Å². The van der Waals surface area contributed by atoms with Crippen LogP contribution in [0.3, 0.4) is 0 Å². The monoisotopic (exact) mass is 276 g/mol. The van der Waals surface area contributed by atoms with E-state index < -0.39 is 0 Å². The van der Waals surface area contributed by atoms with E-state index in [1.807, 2.05) is 25.4 Å². The van der Waals surface area contributed by atoms with E-state index in [9.17, 15) is 0 Å². The third kappa shape index (κ3) is 3.75. The van der Waals surface area contributed by atoms with Gasteiger partial charge in [0, 0.05) is 43.3 Å². The Kier molecular flexibility index (Phi) is 4.87. The quantitative estimate of drug-likeness (QED) is 0.880. The van der Waals surface area contributed by atoms with Crippen molar-refractivity contribution in [3.63, 3.8) is 0 Å². The Morgan fingerprint density at radius 1 is 1.42 bits per heavy atom. The first kappa shape index (κ1) is 14.0. The molecule has 0 spiro atoms. The van der Waals surface area contributed by atoms with E-state index in [1.54, 1.807) is 11.3 Å². The van der Waals surface area contributed by atoms with Crippen LogP contribution in [0.5, 0.6) is 0 Å². The fourth-order valence-electron chi connectivity index (χ4n) is 1.72. The van der Waals surface area contributed by atoms with Crippen LogP contribution in [0, 0.1) is 0 Å². The lowest BCUT2D eigenvalue weighted by molar-refractivity contribution is 0.636. The SMILES string of the molecule is CNC(C)c1csc(N(C)CCc2ccccn2)n1. The summed E-state index contributed by atoms with van der Waals surface area (Å²) < 4.78 is 0. The molecule has 1 unspecified atom stereocenters. The van der Waals surface area contributed by atoms with E-state index in [-0.39, 0.29) is 0 Å². The zero-order valence-corrected chi connectivity index (χ0v) is 12.4. The highest BCUT2D eigenvalue weighted by Gasteiger charge is 2.10. The molecule has 19 heavy (non-hydrogen) atoms. The van der Waals surface area contributed by atoms with Crippen molar-refractivity contribution in [2.45, 2.75) is 19.4 Å². The highest BCUT2D eigenvalue weighted by molar-refractivity contribution is 7.13. The second-order valence-electron chi connectivity index (χ2n) is 4.56. The molecule has 1 N–H and O–H groups in total. The van der Waals surface area contributed by atoms with E-state index in [2.05, 4.69) is 45.6 Å². The Balaban J connectivity index is 1.93. The number of hydrogen-bond donors (Lipinski definition) is 1. The molecule has 0 saturated carbocycles. The molecule has 0 aromatic carbocycles. The van der Waals surface area contributed by atoms with E-state index in [0.29, 0.717) is 6.04 Å². The molecule has 2 heterocycles. The lowest BCUT2D eigenvalue weighted by atomic mass is 10.2. The van der Waals surface area contributed by atoms with Crippen LogP contribution in [0.15, 0.2) is 29.8 Å². The van der Waals surface area contributed by atoms with Gasteiger partial charge in [0.05, 0.1) is 5.69 Å². The number of hydrogen-bond acceptors (Lipinski definition) is 5. The van der Waals surface area contributed by atoms with Gasteiger partial charge in [-0.2, -0.15) is 0 Å². The third-order valence-electron chi connectivity index (χ3n) is 3.14. The van der Waals surface area contributed by atoms with Crippen LogP contribution < -0.4 is 10.2 Å². The third-order valence-corrected chi connectivity index (χ3v) is 4.12. The van der Waals surface area contributed by atoms with Crippen molar-refractivity contribution in [3.8, 4) is 0 Å². The fraction of sp³-hybridized carbons (Fsp3) is 0.429. The minimum atomic E-state index is 0.300. The molecular weight excluding hydrogens is 256 g/mol. The second-order valence-corrected chi connectivity index (χ2v) is 5.39. The van der Waals surface area contributed by atoms with Gasteiger partial charge >= 0.3 is 0 Å². The molecule has 1 atom stereocenters. The van der Waals surface area contributed by atoms with E-state index in [1.165, 1.54) is 0 Å². The average Bonchev–Trinajstić information content (AvgIpc) is 2.95. The summed E-state index contributed by atoms with van der Waals surface area (Å²) in [5.41, 5.74) is 2.22. The number of anilines is 1. The van der Waals surface area contributed by atoms with Crippen molar-refractivity contribution in [1.29, 1.82) is 0 Å². The number of likely N-dealkylation sites (N-methyl/N-ethyl adjacent to an activating group) is 1. The standard InChI is InChI=1S/C14H20N4S/c1-11(15-2)13-10-19-14(17-13)18(3)9-7-12-6-4-5-8-16-12/h4-6,8,10-11,15H,7,9H2,1-3H3. The number of nitrogens with one attached hydrogen (secondary N) is 1. The normalized spacial score (nSPS) is 12.4. The van der Waals surface area contributed by atoms with Crippen LogP contribution in [0.1, 0.15) is 24.4 Å². The van der Waals surface area contributed by atoms with Crippen molar-refractivity contribution >= 4 is 16.5 Å². The van der Waals surface area contributed by atoms with Gasteiger partial charge in [0.1, 0.15) is 0 Å². The summed E-state index contributed by atoms with van der Waals surface area (Å²) in [6, 6.07) is 6.33. The molecule has 0 bridgehead atoms. The summed E-state index contributed by atoms with van der Waals surface area (Å²) >= 11 is 1.69. The number of pyridine rings is 1. The van der Waals surface area contributed by atoms with Gasteiger partial charge in [0.15, 0.2) is 5.13 Å². The van der Waals surface area contributed by atoms with Gasteiger partial charge in [0.25, 0.3) is 0 Å². The van der Waals surface area contributed by atoms with Crippen LogP contribution in [0.4, 0.5) is 5.13 Å². The average molecular weight is 276 g/mol. The Labute approximate surface area is 118 Å². The molecule has 0 aliphatic carbocycles. The van der Waals surface area contributed by atoms with Crippen molar-refractivity contribution < 1.29 is 0 Å². The van der Waals surface area contributed by atoms with Crippen molar-refractivity contribution in [1.82, 2.24) is 15.3 Å². The van der Waals surface area contributed by atoms with Gasteiger partial charge in [-0.1, -0.05) is 6.07 Å². The zero-order valence-electron chi connectivity index (χ0n) is 11.6. The Hall–Kier alpha value is -1.46. The number of aromatic nitrogens is 2. The molecule has 5 heteroatoms. The summed E-state index contributed by atoms with van der Waals surface area (Å²) in [7, 11) is 4.03. The van der Waals surface area contributed by atoms with E-state index >= 15 is 0 Å². The molecule has 0 saturated heterocycles. The molecule has 2 aromatic heterocycles. The Morgan fingerprint density at radius 3 is 2.95 bits per heavy atom. The lowest BCUT2D eigenvalue weighted by Gasteiger charge is -2.15. The molecule has 102 valence electrons. The van der Waals surface area contributed by atoms with Gasteiger partial charge in [-0.3, -0.25) is 4.98 Å². The van der Waals surface area contributed by atoms with Crippen molar-refractivity contribution in [2.24, 2.45) is 0 Å². The number of nitrogens with zero attached hydrogens (tertiary/aromatic N) is 3. The maximum atomic E-state index is 4.65. The molecule has 0 radical (unpaired) electrons. The number of rotatable bonds is 6. The van der Waals surface area contributed by atoms with E-state index in [4.69, 9.17) is 0 Å². The van der Waals surface area contributed by atoms with Crippen LogP contribution in [-0.2, 0) is 6.42 Å². The summed E-state index contributed by atoms with van der Waals surface area (Å²) in [6.07, 6.45) is 2.78. The summed E-state index contributed by atoms with van der Waals surface area (Å²) in [4.78, 5) is 11.2. The first-order valence-corrected chi connectivity index (χ1v) is 7.32. The summed E-state index contributed by atoms with van der Waals surface area (Å²) in [5, 5.41) is 6.39. The first-order valence-electron chi connectivity index (χ1n) is 6.44. The highest BCUT2D eigenvalue weighted by atomic mass is 32.1. The summed E-state index contributed by atoms with van der Waals surface area (Å²) in [5.74, 6) is 0. The lowest BCUT2D eigenvalue weighted by Crippen LogP contribution is -2.21. The maximum absolute atomic E-state index is 4.65. The molecule has 0 aliphatic heterocycles.